The molecule has 0 spiro atoms. The zero-order valence-corrected chi connectivity index (χ0v) is 20.4. The van der Waals surface area contributed by atoms with E-state index in [0.29, 0.717) is 47.2 Å². The summed E-state index contributed by atoms with van der Waals surface area (Å²) < 4.78 is 49.3. The van der Waals surface area contributed by atoms with Crippen LogP contribution >= 0.6 is 0 Å². The van der Waals surface area contributed by atoms with Gasteiger partial charge in [0.25, 0.3) is 0 Å². The van der Waals surface area contributed by atoms with Gasteiger partial charge in [0.15, 0.2) is 11.6 Å². The fraction of sp³-hybridized carbons (Fsp3) is 0.292. The zero-order valence-electron chi connectivity index (χ0n) is 19.5. The SMILES string of the molecule is CN[SH]1(=O)CCN(c2ccc(C(=N)c3cc(OC(C)c4c(F)cncc4F)ccc3N)cn2)CC1. The molecule has 3 heterocycles. The van der Waals surface area contributed by atoms with E-state index < -0.39 is 27.9 Å². The number of aromatic nitrogens is 2. The molecule has 4 rings (SSSR count). The number of hydrogen-bond acceptors (Lipinski definition) is 7. The number of benzene rings is 1. The molecule has 0 saturated carbocycles. The Hall–Kier alpha value is -3.44. The Labute approximate surface area is 203 Å². The molecule has 8 nitrogen and oxygen atoms in total. The molecule has 0 bridgehead atoms. The third kappa shape index (κ3) is 5.30. The highest BCUT2D eigenvalue weighted by molar-refractivity contribution is 8.01. The monoisotopic (exact) mass is 502 g/mol. The molecule has 0 amide bonds. The van der Waals surface area contributed by atoms with Gasteiger partial charge in [-0.1, -0.05) is 10.1 Å². The Balaban J connectivity index is 1.50. The summed E-state index contributed by atoms with van der Waals surface area (Å²) in [7, 11) is -0.554. The smallest absolute Gasteiger partial charge is 0.151 e. The van der Waals surface area contributed by atoms with Crippen LogP contribution in [0.2, 0.25) is 0 Å². The first-order valence-corrected chi connectivity index (χ1v) is 13.2. The van der Waals surface area contributed by atoms with Gasteiger partial charge >= 0.3 is 0 Å². The molecule has 35 heavy (non-hydrogen) atoms. The van der Waals surface area contributed by atoms with E-state index in [1.165, 1.54) is 6.92 Å². The van der Waals surface area contributed by atoms with Crippen molar-refractivity contribution < 1.29 is 17.7 Å². The van der Waals surface area contributed by atoms with E-state index in [9.17, 15) is 13.0 Å². The van der Waals surface area contributed by atoms with Crippen LogP contribution in [0.5, 0.6) is 5.75 Å². The zero-order chi connectivity index (χ0) is 25.2. The molecule has 2 aromatic heterocycles. The summed E-state index contributed by atoms with van der Waals surface area (Å²) in [6, 6.07) is 8.35. The molecule has 186 valence electrons. The van der Waals surface area contributed by atoms with Crippen LogP contribution in [0.1, 0.15) is 29.7 Å². The van der Waals surface area contributed by atoms with Gasteiger partial charge < -0.3 is 15.4 Å². The summed E-state index contributed by atoms with van der Waals surface area (Å²) in [6.07, 6.45) is 2.54. The Morgan fingerprint density at radius 1 is 1.17 bits per heavy atom. The Morgan fingerprint density at radius 3 is 2.46 bits per heavy atom. The van der Waals surface area contributed by atoms with Crippen molar-refractivity contribution in [3.05, 3.63) is 77.2 Å². The van der Waals surface area contributed by atoms with E-state index in [0.717, 1.165) is 18.2 Å². The van der Waals surface area contributed by atoms with Gasteiger partial charge in [-0.05, 0) is 44.3 Å². The molecule has 4 N–H and O–H groups in total. The highest BCUT2D eigenvalue weighted by Gasteiger charge is 2.23. The van der Waals surface area contributed by atoms with Gasteiger partial charge in [-0.3, -0.25) is 19.3 Å². The van der Waals surface area contributed by atoms with Crippen molar-refractivity contribution in [3.8, 4) is 5.75 Å². The Morgan fingerprint density at radius 2 is 1.86 bits per heavy atom. The summed E-state index contributed by atoms with van der Waals surface area (Å²) in [5, 5.41) is 8.65. The van der Waals surface area contributed by atoms with Crippen molar-refractivity contribution >= 4 is 27.3 Å². The molecule has 11 heteroatoms. The van der Waals surface area contributed by atoms with Gasteiger partial charge in [-0.25, -0.2) is 13.8 Å². The molecule has 0 radical (unpaired) electrons. The fourth-order valence-corrected chi connectivity index (χ4v) is 5.82. The molecule has 3 aromatic rings. The van der Waals surface area contributed by atoms with E-state index in [4.69, 9.17) is 15.9 Å². The average Bonchev–Trinajstić information content (AvgIpc) is 2.85. The molecule has 1 aromatic carbocycles. The third-order valence-electron chi connectivity index (χ3n) is 6.13. The summed E-state index contributed by atoms with van der Waals surface area (Å²) in [4.78, 5) is 10.1. The van der Waals surface area contributed by atoms with Gasteiger partial charge in [-0.15, -0.1) is 0 Å². The molecule has 1 fully saturated rings. The molecule has 1 aliphatic heterocycles. The average molecular weight is 503 g/mol. The molecular weight excluding hydrogens is 474 g/mol. The first kappa shape index (κ1) is 24.7. The van der Waals surface area contributed by atoms with E-state index in [2.05, 4.69) is 19.6 Å². The van der Waals surface area contributed by atoms with Crippen LogP contribution in [0.25, 0.3) is 0 Å². The predicted molar refractivity (Wildman–Crippen MR) is 135 cm³/mol. The van der Waals surface area contributed by atoms with Crippen molar-refractivity contribution in [2.75, 3.05) is 42.3 Å². The first-order valence-electron chi connectivity index (χ1n) is 11.1. The topological polar surface area (TPSA) is 117 Å². The molecule has 0 aliphatic carbocycles. The summed E-state index contributed by atoms with van der Waals surface area (Å²) >= 11 is 0. The third-order valence-corrected chi connectivity index (χ3v) is 8.79. The van der Waals surface area contributed by atoms with E-state index in [-0.39, 0.29) is 11.3 Å². The summed E-state index contributed by atoms with van der Waals surface area (Å²) in [5.41, 5.74) is 7.35. The van der Waals surface area contributed by atoms with Gasteiger partial charge in [0, 0.05) is 47.6 Å². The number of nitrogens with one attached hydrogen (secondary N) is 2. The number of anilines is 2. The van der Waals surface area contributed by atoms with E-state index in [1.54, 1.807) is 37.5 Å². The number of ether oxygens (including phenoxy) is 1. The van der Waals surface area contributed by atoms with Crippen molar-refractivity contribution in [3.63, 3.8) is 0 Å². The lowest BCUT2D eigenvalue weighted by atomic mass is 10.0. The van der Waals surface area contributed by atoms with Crippen LogP contribution < -0.4 is 20.1 Å². The summed E-state index contributed by atoms with van der Waals surface area (Å²) in [5.74, 6) is 0.637. The maximum Gasteiger partial charge on any atom is 0.151 e. The molecule has 1 saturated heterocycles. The van der Waals surface area contributed by atoms with Crippen LogP contribution in [0, 0.1) is 17.0 Å². The number of pyridine rings is 2. The van der Waals surface area contributed by atoms with E-state index >= 15 is 0 Å². The molecular formula is C24H28F2N6O2S. The van der Waals surface area contributed by atoms with Crippen LogP contribution in [0.3, 0.4) is 0 Å². The second kappa shape index (κ2) is 10.0. The number of nitrogens with two attached hydrogens (primary N) is 1. The highest BCUT2D eigenvalue weighted by Crippen LogP contribution is 2.29. The molecule has 1 unspecified atom stereocenters. The van der Waals surface area contributed by atoms with Crippen molar-refractivity contribution in [2.45, 2.75) is 13.0 Å². The number of thiol groups is 1. The van der Waals surface area contributed by atoms with Crippen molar-refractivity contribution in [1.82, 2.24) is 14.7 Å². The number of halogens is 2. The number of hydrogen-bond donors (Lipinski definition) is 4. The van der Waals surface area contributed by atoms with Crippen LogP contribution in [-0.4, -0.2) is 51.5 Å². The molecule has 1 aliphatic rings. The highest BCUT2D eigenvalue weighted by atomic mass is 32.3. The number of nitrogen functional groups attached to an aromatic ring is 1. The molecule has 1 atom stereocenters. The quantitative estimate of drug-likeness (QED) is 0.224. The largest absolute Gasteiger partial charge is 0.486 e. The first-order chi connectivity index (χ1) is 16.7. The van der Waals surface area contributed by atoms with Gasteiger partial charge in [0.05, 0.1) is 23.7 Å². The van der Waals surface area contributed by atoms with Gasteiger partial charge in [-0.2, -0.15) is 0 Å². The standard InChI is InChI=1S/C24H28F2N6O2S/c1-15(23-19(25)13-30-14-20(23)26)34-17-4-5-21(27)18(11-17)24(28)16-3-6-22(31-12-16)32-7-9-35(33,29-2)10-8-32/h3-6,11-15,28,35H,7-10,27H2,1-2H3,(H,29,33). The lowest BCUT2D eigenvalue weighted by molar-refractivity contribution is 0.215. The van der Waals surface area contributed by atoms with E-state index in [1.807, 2.05) is 6.07 Å². The van der Waals surface area contributed by atoms with Crippen LogP contribution in [0.15, 0.2) is 48.9 Å². The predicted octanol–water partition coefficient (Wildman–Crippen LogP) is 2.86. The van der Waals surface area contributed by atoms with Crippen molar-refractivity contribution in [1.29, 1.82) is 5.41 Å². The summed E-state index contributed by atoms with van der Waals surface area (Å²) in [6.45, 7) is 2.82. The van der Waals surface area contributed by atoms with Gasteiger partial charge in [0.2, 0.25) is 0 Å². The number of rotatable bonds is 7. The lowest BCUT2D eigenvalue weighted by Gasteiger charge is -2.35. The van der Waals surface area contributed by atoms with Crippen LogP contribution in [-0.2, 0) is 10.1 Å². The number of nitrogens with zero attached hydrogens (tertiary/aromatic N) is 3. The minimum atomic E-state index is -2.29. The minimum absolute atomic E-state index is 0.138. The normalized spacial score (nSPS) is 17.0. The van der Waals surface area contributed by atoms with Crippen LogP contribution in [0.4, 0.5) is 20.3 Å². The maximum atomic E-state index is 14.1. The maximum absolute atomic E-state index is 14.1. The Kier molecular flexibility index (Phi) is 7.08. The van der Waals surface area contributed by atoms with Crippen molar-refractivity contribution in [2.24, 2.45) is 0 Å². The fourth-order valence-electron chi connectivity index (χ4n) is 4.02. The second-order valence-electron chi connectivity index (χ2n) is 8.35. The lowest BCUT2D eigenvalue weighted by Crippen LogP contribution is -2.49. The minimum Gasteiger partial charge on any atom is -0.486 e. The van der Waals surface area contributed by atoms with Gasteiger partial charge in [0.1, 0.15) is 17.7 Å². The second-order valence-corrected chi connectivity index (χ2v) is 11.5. The Bertz CT molecular complexity index is 1260.